The van der Waals surface area contributed by atoms with E-state index < -0.39 is 6.09 Å². The van der Waals surface area contributed by atoms with Crippen molar-refractivity contribution >= 4 is 34.5 Å². The van der Waals surface area contributed by atoms with Crippen molar-refractivity contribution in [1.29, 1.82) is 0 Å². The van der Waals surface area contributed by atoms with Gasteiger partial charge in [0.2, 0.25) is 5.95 Å². The number of hydrogen-bond acceptors (Lipinski definition) is 6. The van der Waals surface area contributed by atoms with E-state index in [2.05, 4.69) is 15.1 Å². The Morgan fingerprint density at radius 3 is 2.76 bits per heavy atom. The SMILES string of the molecule is O=C(O)n1ncc2ccc(-c3cc(Cl)nc(N4CCOCC4)n3)cc21. The van der Waals surface area contributed by atoms with E-state index in [1.54, 1.807) is 12.1 Å². The first-order chi connectivity index (χ1) is 12.1. The molecule has 8 nitrogen and oxygen atoms in total. The van der Waals surface area contributed by atoms with Crippen LogP contribution in [0.3, 0.4) is 0 Å². The summed E-state index contributed by atoms with van der Waals surface area (Å²) in [7, 11) is 0. The first kappa shape index (κ1) is 15.8. The molecule has 0 aliphatic carbocycles. The van der Waals surface area contributed by atoms with Crippen LogP contribution in [0.5, 0.6) is 0 Å². The lowest BCUT2D eigenvalue weighted by Crippen LogP contribution is -2.37. The van der Waals surface area contributed by atoms with Crippen LogP contribution in [0.1, 0.15) is 0 Å². The lowest BCUT2D eigenvalue weighted by atomic mass is 10.1. The summed E-state index contributed by atoms with van der Waals surface area (Å²) in [6, 6.07) is 7.06. The van der Waals surface area contributed by atoms with Crippen molar-refractivity contribution in [2.45, 2.75) is 0 Å². The molecule has 128 valence electrons. The number of aromatic nitrogens is 4. The Labute approximate surface area is 147 Å². The molecule has 1 saturated heterocycles. The third kappa shape index (κ3) is 3.01. The van der Waals surface area contributed by atoms with Crippen molar-refractivity contribution in [3.8, 4) is 11.3 Å². The first-order valence-electron chi connectivity index (χ1n) is 7.70. The molecule has 0 atom stereocenters. The van der Waals surface area contributed by atoms with E-state index in [-0.39, 0.29) is 0 Å². The number of rotatable bonds is 2. The van der Waals surface area contributed by atoms with E-state index in [0.29, 0.717) is 48.6 Å². The summed E-state index contributed by atoms with van der Waals surface area (Å²) in [5, 5.41) is 14.2. The van der Waals surface area contributed by atoms with Gasteiger partial charge in [0.15, 0.2) is 0 Å². The number of carboxylic acid groups (broad SMARTS) is 1. The number of ether oxygens (including phenoxy) is 1. The molecule has 0 amide bonds. The van der Waals surface area contributed by atoms with Gasteiger partial charge in [-0.05, 0) is 6.07 Å². The molecule has 1 fully saturated rings. The van der Waals surface area contributed by atoms with Crippen LogP contribution < -0.4 is 4.90 Å². The molecule has 0 unspecified atom stereocenters. The lowest BCUT2D eigenvalue weighted by molar-refractivity contribution is 0.122. The summed E-state index contributed by atoms with van der Waals surface area (Å²) in [6.45, 7) is 2.64. The standard InChI is InChI=1S/C16H14ClN5O3/c17-14-8-12(19-15(20-14)21-3-5-25-6-4-21)10-1-2-11-9-18-22(16(23)24)13(11)7-10/h1-2,7-9H,3-6H2,(H,23,24). The molecule has 2 aromatic heterocycles. The van der Waals surface area contributed by atoms with E-state index in [4.69, 9.17) is 16.3 Å². The first-order valence-corrected chi connectivity index (χ1v) is 8.08. The molecule has 1 aliphatic rings. The van der Waals surface area contributed by atoms with E-state index in [0.717, 1.165) is 15.6 Å². The molecule has 0 radical (unpaired) electrons. The molecule has 3 aromatic rings. The Hall–Kier alpha value is -2.71. The number of nitrogens with zero attached hydrogens (tertiary/aromatic N) is 5. The van der Waals surface area contributed by atoms with Gasteiger partial charge in [-0.3, -0.25) is 0 Å². The van der Waals surface area contributed by atoms with Gasteiger partial charge < -0.3 is 14.7 Å². The average molecular weight is 360 g/mol. The topological polar surface area (TPSA) is 93.4 Å². The summed E-state index contributed by atoms with van der Waals surface area (Å²) in [5.74, 6) is 0.539. The highest BCUT2D eigenvalue weighted by Crippen LogP contribution is 2.26. The van der Waals surface area contributed by atoms with Crippen LogP contribution in [-0.2, 0) is 4.74 Å². The predicted octanol–water partition coefficient (Wildman–Crippen LogP) is 2.51. The Morgan fingerprint density at radius 2 is 2.00 bits per heavy atom. The Morgan fingerprint density at radius 1 is 1.20 bits per heavy atom. The predicted molar refractivity (Wildman–Crippen MR) is 92.2 cm³/mol. The van der Waals surface area contributed by atoms with E-state index in [1.807, 2.05) is 17.0 Å². The van der Waals surface area contributed by atoms with Gasteiger partial charge in [0.05, 0.1) is 30.6 Å². The minimum Gasteiger partial charge on any atom is -0.463 e. The summed E-state index contributed by atoms with van der Waals surface area (Å²) < 4.78 is 6.28. The lowest BCUT2D eigenvalue weighted by Gasteiger charge is -2.27. The third-order valence-electron chi connectivity index (χ3n) is 4.02. The van der Waals surface area contributed by atoms with Crippen LogP contribution in [0.15, 0.2) is 30.5 Å². The maximum atomic E-state index is 11.3. The maximum absolute atomic E-state index is 11.3. The second-order valence-electron chi connectivity index (χ2n) is 5.59. The molecular formula is C16H14ClN5O3. The number of carbonyl (C=O) groups is 1. The average Bonchev–Trinajstić information content (AvgIpc) is 3.05. The van der Waals surface area contributed by atoms with Crippen molar-refractivity contribution in [3.63, 3.8) is 0 Å². The van der Waals surface area contributed by atoms with Crippen molar-refractivity contribution in [3.05, 3.63) is 35.6 Å². The van der Waals surface area contributed by atoms with Crippen LogP contribution >= 0.6 is 11.6 Å². The Bertz CT molecular complexity index is 952. The van der Waals surface area contributed by atoms with Gasteiger partial charge in [0, 0.05) is 30.1 Å². The summed E-state index contributed by atoms with van der Waals surface area (Å²) in [5.41, 5.74) is 1.86. The fourth-order valence-corrected chi connectivity index (χ4v) is 2.97. The molecule has 1 aliphatic heterocycles. The summed E-state index contributed by atoms with van der Waals surface area (Å²) >= 11 is 6.18. The van der Waals surface area contributed by atoms with Gasteiger partial charge in [-0.15, -0.1) is 0 Å². The summed E-state index contributed by atoms with van der Waals surface area (Å²) in [6.07, 6.45) is 0.376. The van der Waals surface area contributed by atoms with E-state index in [9.17, 15) is 9.90 Å². The van der Waals surface area contributed by atoms with Gasteiger partial charge in [-0.2, -0.15) is 9.78 Å². The molecule has 0 spiro atoms. The maximum Gasteiger partial charge on any atom is 0.432 e. The number of benzene rings is 1. The molecule has 25 heavy (non-hydrogen) atoms. The molecule has 1 N–H and O–H groups in total. The zero-order valence-electron chi connectivity index (χ0n) is 13.1. The molecule has 4 rings (SSSR count). The number of halogens is 1. The molecule has 1 aromatic carbocycles. The highest BCUT2D eigenvalue weighted by Gasteiger charge is 2.17. The fourth-order valence-electron chi connectivity index (χ4n) is 2.79. The van der Waals surface area contributed by atoms with Crippen LogP contribution in [0.2, 0.25) is 5.15 Å². The van der Waals surface area contributed by atoms with Crippen LogP contribution in [0.4, 0.5) is 10.7 Å². The smallest absolute Gasteiger partial charge is 0.432 e. The second-order valence-corrected chi connectivity index (χ2v) is 5.98. The Balaban J connectivity index is 1.78. The molecule has 3 heterocycles. The zero-order chi connectivity index (χ0) is 17.4. The van der Waals surface area contributed by atoms with Crippen LogP contribution in [-0.4, -0.2) is 57.3 Å². The Kier molecular flexibility index (Phi) is 3.98. The minimum absolute atomic E-state index is 0.332. The van der Waals surface area contributed by atoms with E-state index >= 15 is 0 Å². The summed E-state index contributed by atoms with van der Waals surface area (Å²) in [4.78, 5) is 22.2. The quantitative estimate of drug-likeness (QED) is 0.702. The molecule has 0 bridgehead atoms. The highest BCUT2D eigenvalue weighted by molar-refractivity contribution is 6.29. The number of anilines is 1. The number of morpholine rings is 1. The van der Waals surface area contributed by atoms with Gasteiger partial charge >= 0.3 is 6.09 Å². The largest absolute Gasteiger partial charge is 0.463 e. The van der Waals surface area contributed by atoms with Crippen LogP contribution in [0, 0.1) is 0 Å². The third-order valence-corrected chi connectivity index (χ3v) is 4.22. The fraction of sp³-hybridized carbons (Fsp3) is 0.250. The molecular weight excluding hydrogens is 346 g/mol. The molecule has 0 saturated carbocycles. The number of hydrogen-bond donors (Lipinski definition) is 1. The van der Waals surface area contributed by atoms with Crippen molar-refractivity contribution < 1.29 is 14.6 Å². The highest BCUT2D eigenvalue weighted by atomic mass is 35.5. The molecule has 9 heteroatoms. The number of fused-ring (bicyclic) bond motifs is 1. The van der Waals surface area contributed by atoms with E-state index in [1.165, 1.54) is 6.20 Å². The second kappa shape index (κ2) is 6.30. The minimum atomic E-state index is -1.14. The van der Waals surface area contributed by atoms with Gasteiger partial charge in [0.25, 0.3) is 0 Å². The monoisotopic (exact) mass is 359 g/mol. The van der Waals surface area contributed by atoms with Gasteiger partial charge in [-0.25, -0.2) is 14.8 Å². The van der Waals surface area contributed by atoms with Gasteiger partial charge in [0.1, 0.15) is 5.15 Å². The van der Waals surface area contributed by atoms with Crippen molar-refractivity contribution in [2.75, 3.05) is 31.2 Å². The van der Waals surface area contributed by atoms with Crippen molar-refractivity contribution in [2.24, 2.45) is 0 Å². The van der Waals surface area contributed by atoms with Crippen LogP contribution in [0.25, 0.3) is 22.2 Å². The normalized spacial score (nSPS) is 14.8. The van der Waals surface area contributed by atoms with Gasteiger partial charge in [-0.1, -0.05) is 23.7 Å². The van der Waals surface area contributed by atoms with Crippen molar-refractivity contribution in [1.82, 2.24) is 19.7 Å². The zero-order valence-corrected chi connectivity index (χ0v) is 13.8.